The molecule has 40 heavy (non-hydrogen) atoms. The monoisotopic (exact) mass is 554 g/mol. The highest BCUT2D eigenvalue weighted by molar-refractivity contribution is 5.75. The van der Waals surface area contributed by atoms with Crippen LogP contribution in [-0.2, 0) is 11.3 Å². The Kier molecular flexibility index (Phi) is 9.20. The van der Waals surface area contributed by atoms with Gasteiger partial charge in [-0.25, -0.2) is 23.2 Å². The van der Waals surface area contributed by atoms with Crippen LogP contribution in [0.4, 0.5) is 13.6 Å². The first-order valence-electron chi connectivity index (χ1n) is 13.8. The van der Waals surface area contributed by atoms with Crippen LogP contribution >= 0.6 is 0 Å². The Hall–Kier alpha value is -3.37. The highest BCUT2D eigenvalue weighted by Gasteiger charge is 2.41. The van der Waals surface area contributed by atoms with Crippen LogP contribution in [0.5, 0.6) is 0 Å². The molecule has 0 spiro atoms. The molecule has 0 saturated carbocycles. The van der Waals surface area contributed by atoms with Gasteiger partial charge in [-0.3, -0.25) is 0 Å². The number of urea groups is 1. The second-order valence-electron chi connectivity index (χ2n) is 11.6. The fourth-order valence-corrected chi connectivity index (χ4v) is 5.32. The lowest BCUT2D eigenvalue weighted by atomic mass is 9.84. The van der Waals surface area contributed by atoms with Crippen LogP contribution in [0.2, 0.25) is 0 Å². The predicted octanol–water partition coefficient (Wildman–Crippen LogP) is 5.24. The summed E-state index contributed by atoms with van der Waals surface area (Å²) in [6.45, 7) is 12.1. The molecule has 4 rings (SSSR count). The van der Waals surface area contributed by atoms with Crippen LogP contribution in [-0.4, -0.2) is 69.0 Å². The molecule has 1 saturated heterocycles. The minimum Gasteiger partial charge on any atom is -0.372 e. The van der Waals surface area contributed by atoms with Gasteiger partial charge in [0.15, 0.2) is 11.6 Å². The predicted molar refractivity (Wildman–Crippen MR) is 150 cm³/mol. The molecule has 216 valence electrons. The molecule has 3 atom stereocenters. The van der Waals surface area contributed by atoms with Crippen LogP contribution in [0, 0.1) is 17.0 Å². The molecule has 3 aromatic rings. The van der Waals surface area contributed by atoms with Crippen LogP contribution in [0.15, 0.2) is 48.5 Å². The summed E-state index contributed by atoms with van der Waals surface area (Å²) in [5, 5.41) is 4.67. The quantitative estimate of drug-likeness (QED) is 0.412. The summed E-state index contributed by atoms with van der Waals surface area (Å²) < 4.78 is 36.6. The van der Waals surface area contributed by atoms with Crippen LogP contribution in [0.1, 0.15) is 58.5 Å². The number of nitrogens with two attached hydrogens (primary N) is 1. The van der Waals surface area contributed by atoms with Gasteiger partial charge in [0, 0.05) is 19.6 Å². The van der Waals surface area contributed by atoms with Gasteiger partial charge in [-0.2, -0.15) is 5.10 Å². The van der Waals surface area contributed by atoms with E-state index in [0.717, 1.165) is 23.8 Å². The maximum absolute atomic E-state index is 14.9. The lowest BCUT2D eigenvalue weighted by molar-refractivity contribution is -0.0612. The van der Waals surface area contributed by atoms with Gasteiger partial charge in [-0.05, 0) is 56.0 Å². The molecule has 1 fully saturated rings. The van der Waals surface area contributed by atoms with E-state index in [4.69, 9.17) is 15.5 Å². The number of benzene rings is 2. The van der Waals surface area contributed by atoms with Crippen molar-refractivity contribution < 1.29 is 18.3 Å². The number of amides is 2. The number of carbonyl (C=O) groups excluding carboxylic acids is 1. The fourth-order valence-electron chi connectivity index (χ4n) is 5.32. The third kappa shape index (κ3) is 6.85. The number of carbonyl (C=O) groups is 1. The fraction of sp³-hybridized carbons (Fsp3) is 0.500. The summed E-state index contributed by atoms with van der Waals surface area (Å²) >= 11 is 0. The van der Waals surface area contributed by atoms with Gasteiger partial charge in [0.2, 0.25) is 0 Å². The van der Waals surface area contributed by atoms with E-state index >= 15 is 0 Å². The minimum absolute atomic E-state index is 0.0311. The summed E-state index contributed by atoms with van der Waals surface area (Å²) in [7, 11) is 0. The molecule has 1 aliphatic heterocycles. The number of rotatable bonds is 8. The van der Waals surface area contributed by atoms with Crippen molar-refractivity contribution in [3.05, 3.63) is 71.6 Å². The van der Waals surface area contributed by atoms with E-state index in [2.05, 4.69) is 5.10 Å². The summed E-state index contributed by atoms with van der Waals surface area (Å²) in [4.78, 5) is 22.6. The van der Waals surface area contributed by atoms with Crippen molar-refractivity contribution in [2.45, 2.75) is 65.8 Å². The molecule has 0 radical (unpaired) electrons. The van der Waals surface area contributed by atoms with E-state index in [1.807, 2.05) is 74.8 Å². The molecular formula is C30H40F2N6O2. The maximum atomic E-state index is 14.9. The maximum Gasteiger partial charge on any atom is 0.320 e. The number of hydrogen-bond acceptors (Lipinski definition) is 5. The Bertz CT molecular complexity index is 1280. The average molecular weight is 555 g/mol. The Morgan fingerprint density at radius 3 is 2.42 bits per heavy atom. The zero-order valence-electron chi connectivity index (χ0n) is 24.0. The first-order chi connectivity index (χ1) is 19.0. The zero-order chi connectivity index (χ0) is 29.0. The molecule has 2 N–H and O–H groups in total. The van der Waals surface area contributed by atoms with Crippen LogP contribution in [0.3, 0.4) is 0 Å². The molecule has 0 unspecified atom stereocenters. The first kappa shape index (κ1) is 29.6. The molecule has 2 heterocycles. The number of morpholine rings is 1. The van der Waals surface area contributed by atoms with E-state index in [1.165, 1.54) is 0 Å². The Balaban J connectivity index is 1.85. The highest BCUT2D eigenvalue weighted by Crippen LogP contribution is 2.39. The van der Waals surface area contributed by atoms with Crippen molar-refractivity contribution in [1.82, 2.24) is 24.6 Å². The molecule has 0 bridgehead atoms. The van der Waals surface area contributed by atoms with Gasteiger partial charge in [-0.15, -0.1) is 0 Å². The van der Waals surface area contributed by atoms with Crippen molar-refractivity contribution in [3.8, 4) is 11.4 Å². The first-order valence-corrected chi connectivity index (χ1v) is 13.8. The second kappa shape index (κ2) is 12.4. The van der Waals surface area contributed by atoms with Gasteiger partial charge in [0.05, 0.1) is 30.4 Å². The third-order valence-corrected chi connectivity index (χ3v) is 6.96. The normalized spacial score (nSPS) is 18.6. The average Bonchev–Trinajstić information content (AvgIpc) is 3.29. The van der Waals surface area contributed by atoms with E-state index in [0.29, 0.717) is 45.0 Å². The number of halogens is 2. The van der Waals surface area contributed by atoms with Crippen molar-refractivity contribution in [2.24, 2.45) is 11.1 Å². The molecule has 2 aromatic carbocycles. The van der Waals surface area contributed by atoms with E-state index < -0.39 is 23.1 Å². The van der Waals surface area contributed by atoms with Crippen LogP contribution in [0.25, 0.3) is 11.4 Å². The topological polar surface area (TPSA) is 89.5 Å². The molecule has 1 aliphatic rings. The minimum atomic E-state index is -0.621. The molecule has 8 nitrogen and oxygen atoms in total. The molecule has 0 aliphatic carbocycles. The summed E-state index contributed by atoms with van der Waals surface area (Å²) in [5.41, 5.74) is 6.35. The summed E-state index contributed by atoms with van der Waals surface area (Å²) in [5.74, 6) is -0.642. The SMILES string of the molecule is C[C@@H]1CN(C(=O)N(CCCN)[C@@H](c2nc(-c3cc(F)ccc3F)nn2Cc2ccccc2)C(C)(C)C)C[C@H](C)O1. The molecule has 1 aromatic heterocycles. The van der Waals surface area contributed by atoms with Gasteiger partial charge in [0.25, 0.3) is 0 Å². The highest BCUT2D eigenvalue weighted by atomic mass is 19.1. The second-order valence-corrected chi connectivity index (χ2v) is 11.6. The standard InChI is InChI=1S/C30H40F2N6O2/c1-20-17-36(18-21(2)40-20)29(39)37(15-9-14-33)26(30(3,4)5)28-34-27(24-16-23(31)12-13-25(24)32)35-38(28)19-22-10-7-6-8-11-22/h6-8,10-13,16,20-21,26H,9,14-15,17-19,33H2,1-5H3/t20-,21+,26-/m0/s1. The third-order valence-electron chi connectivity index (χ3n) is 6.96. The molecule has 2 amide bonds. The number of aromatic nitrogens is 3. The summed E-state index contributed by atoms with van der Waals surface area (Å²) in [6, 6.07) is 12.3. The lowest BCUT2D eigenvalue weighted by Crippen LogP contribution is -2.55. The summed E-state index contributed by atoms with van der Waals surface area (Å²) in [6.07, 6.45) is 0.397. The molecular weight excluding hydrogens is 514 g/mol. The van der Waals surface area contributed by atoms with Gasteiger partial charge in [0.1, 0.15) is 11.6 Å². The van der Waals surface area contributed by atoms with Gasteiger partial charge >= 0.3 is 6.03 Å². The number of ether oxygens (including phenoxy) is 1. The Labute approximate surface area is 235 Å². The largest absolute Gasteiger partial charge is 0.372 e. The van der Waals surface area contributed by atoms with Crippen LogP contribution < -0.4 is 5.73 Å². The van der Waals surface area contributed by atoms with E-state index in [1.54, 1.807) is 4.68 Å². The lowest BCUT2D eigenvalue weighted by Gasteiger charge is -2.44. The number of hydrogen-bond donors (Lipinski definition) is 1. The van der Waals surface area contributed by atoms with Crippen molar-refractivity contribution in [3.63, 3.8) is 0 Å². The van der Waals surface area contributed by atoms with Gasteiger partial charge in [-0.1, -0.05) is 51.1 Å². The zero-order valence-corrected chi connectivity index (χ0v) is 24.0. The number of nitrogens with zero attached hydrogens (tertiary/aromatic N) is 5. The van der Waals surface area contributed by atoms with E-state index in [9.17, 15) is 13.6 Å². The van der Waals surface area contributed by atoms with Crippen molar-refractivity contribution in [2.75, 3.05) is 26.2 Å². The van der Waals surface area contributed by atoms with Gasteiger partial charge < -0.3 is 20.3 Å². The molecule has 10 heteroatoms. The Morgan fingerprint density at radius 1 is 1.12 bits per heavy atom. The van der Waals surface area contributed by atoms with Crippen molar-refractivity contribution >= 4 is 6.03 Å². The smallest absolute Gasteiger partial charge is 0.320 e. The van der Waals surface area contributed by atoms with Crippen molar-refractivity contribution in [1.29, 1.82) is 0 Å². The van der Waals surface area contributed by atoms with E-state index in [-0.39, 0.29) is 29.6 Å². The Morgan fingerprint density at radius 2 is 1.80 bits per heavy atom.